The first-order chi connectivity index (χ1) is 11.0. The van der Waals surface area contributed by atoms with E-state index in [1.807, 2.05) is 0 Å². The lowest BCUT2D eigenvalue weighted by Gasteiger charge is -2.34. The van der Waals surface area contributed by atoms with Crippen molar-refractivity contribution in [2.24, 2.45) is 0 Å². The van der Waals surface area contributed by atoms with Crippen LogP contribution in [-0.2, 0) is 4.79 Å². The summed E-state index contributed by atoms with van der Waals surface area (Å²) in [7, 11) is 0. The van der Waals surface area contributed by atoms with Crippen LogP contribution in [0.5, 0.6) is 0 Å². The zero-order valence-corrected chi connectivity index (χ0v) is 13.2. The summed E-state index contributed by atoms with van der Waals surface area (Å²) in [6.45, 7) is 0.275. The number of carbonyl (C=O) groups is 1. The van der Waals surface area contributed by atoms with Gasteiger partial charge in [-0.05, 0) is 37.0 Å². The number of hydrogen-bond acceptors (Lipinski definition) is 3. The van der Waals surface area contributed by atoms with Crippen molar-refractivity contribution >= 4 is 5.91 Å². The molecule has 1 amide bonds. The minimum atomic E-state index is -0.907. The molecule has 0 unspecified atom stereocenters. The molecular formula is C18H24FNO3. The van der Waals surface area contributed by atoms with Crippen LogP contribution >= 0.6 is 0 Å². The van der Waals surface area contributed by atoms with E-state index in [9.17, 15) is 19.4 Å². The third-order valence-corrected chi connectivity index (χ3v) is 5.12. The Labute approximate surface area is 135 Å². The predicted molar refractivity (Wildman–Crippen MR) is 84.1 cm³/mol. The first-order valence-electron chi connectivity index (χ1n) is 8.42. The number of likely N-dealkylation sites (tertiary alicyclic amines) is 1. The van der Waals surface area contributed by atoms with Gasteiger partial charge in [-0.25, -0.2) is 4.39 Å². The fourth-order valence-corrected chi connectivity index (χ4v) is 3.86. The zero-order valence-electron chi connectivity index (χ0n) is 13.2. The summed E-state index contributed by atoms with van der Waals surface area (Å²) in [5.41, 5.74) is -0.0807. The summed E-state index contributed by atoms with van der Waals surface area (Å²) in [5, 5.41) is 20.6. The third kappa shape index (κ3) is 3.72. The summed E-state index contributed by atoms with van der Waals surface area (Å²) in [6, 6.07) is 5.82. The Morgan fingerprint density at radius 1 is 1.22 bits per heavy atom. The van der Waals surface area contributed by atoms with E-state index in [4.69, 9.17) is 0 Å². The molecule has 1 saturated carbocycles. The second-order valence-electron chi connectivity index (χ2n) is 6.96. The topological polar surface area (TPSA) is 60.8 Å². The minimum absolute atomic E-state index is 0.109. The van der Waals surface area contributed by atoms with Gasteiger partial charge in [0, 0.05) is 6.54 Å². The molecule has 0 radical (unpaired) electrons. The summed E-state index contributed by atoms with van der Waals surface area (Å²) < 4.78 is 13.1. The SMILES string of the molecule is O=C(CC1(O)CCCCC1)N1C[C@@H](O)C[C@H]1c1ccc(F)cc1. The number of rotatable bonds is 3. The Hall–Kier alpha value is -1.46. The summed E-state index contributed by atoms with van der Waals surface area (Å²) in [4.78, 5) is 14.3. The van der Waals surface area contributed by atoms with E-state index in [0.717, 1.165) is 24.8 Å². The molecule has 1 aromatic rings. The molecule has 2 aliphatic rings. The third-order valence-electron chi connectivity index (χ3n) is 5.12. The van der Waals surface area contributed by atoms with Crippen molar-refractivity contribution in [3.05, 3.63) is 35.6 Å². The molecule has 2 fully saturated rings. The molecule has 1 heterocycles. The quantitative estimate of drug-likeness (QED) is 0.899. The Balaban J connectivity index is 1.73. The molecule has 0 aromatic heterocycles. The highest BCUT2D eigenvalue weighted by Crippen LogP contribution is 2.36. The fraction of sp³-hybridized carbons (Fsp3) is 0.611. The molecule has 0 spiro atoms. The first-order valence-corrected chi connectivity index (χ1v) is 8.42. The lowest BCUT2D eigenvalue weighted by molar-refractivity contribution is -0.139. The van der Waals surface area contributed by atoms with Gasteiger partial charge in [-0.15, -0.1) is 0 Å². The van der Waals surface area contributed by atoms with Crippen molar-refractivity contribution in [1.29, 1.82) is 0 Å². The Bertz CT molecular complexity index is 554. The lowest BCUT2D eigenvalue weighted by Crippen LogP contribution is -2.40. The molecule has 23 heavy (non-hydrogen) atoms. The molecule has 3 rings (SSSR count). The van der Waals surface area contributed by atoms with Crippen LogP contribution in [0, 0.1) is 5.82 Å². The van der Waals surface area contributed by atoms with Gasteiger partial charge in [-0.1, -0.05) is 31.4 Å². The molecule has 2 N–H and O–H groups in total. The van der Waals surface area contributed by atoms with Crippen LogP contribution < -0.4 is 0 Å². The van der Waals surface area contributed by atoms with Crippen molar-refractivity contribution in [3.63, 3.8) is 0 Å². The Morgan fingerprint density at radius 2 is 1.87 bits per heavy atom. The average molecular weight is 321 g/mol. The van der Waals surface area contributed by atoms with Gasteiger partial charge in [-0.3, -0.25) is 4.79 Å². The monoisotopic (exact) mass is 321 g/mol. The number of halogens is 1. The first kappa shape index (κ1) is 16.4. The van der Waals surface area contributed by atoms with E-state index in [1.165, 1.54) is 12.1 Å². The Kier molecular flexibility index (Phi) is 4.69. The zero-order chi connectivity index (χ0) is 16.4. The van der Waals surface area contributed by atoms with Gasteiger partial charge in [0.05, 0.1) is 24.2 Å². The maximum absolute atomic E-state index is 13.1. The second kappa shape index (κ2) is 6.57. The minimum Gasteiger partial charge on any atom is -0.391 e. The van der Waals surface area contributed by atoms with Crippen LogP contribution in [0.3, 0.4) is 0 Å². The van der Waals surface area contributed by atoms with E-state index in [-0.39, 0.29) is 30.7 Å². The molecule has 5 heteroatoms. The lowest BCUT2D eigenvalue weighted by atomic mass is 9.82. The molecular weight excluding hydrogens is 297 g/mol. The number of carbonyl (C=O) groups excluding carboxylic acids is 1. The molecule has 126 valence electrons. The number of hydrogen-bond donors (Lipinski definition) is 2. The van der Waals surface area contributed by atoms with E-state index in [2.05, 4.69) is 0 Å². The number of amides is 1. The van der Waals surface area contributed by atoms with E-state index >= 15 is 0 Å². The summed E-state index contributed by atoms with van der Waals surface area (Å²) >= 11 is 0. The molecule has 2 atom stereocenters. The molecule has 1 aliphatic carbocycles. The van der Waals surface area contributed by atoms with E-state index in [1.54, 1.807) is 17.0 Å². The van der Waals surface area contributed by atoms with Crippen LogP contribution in [0.25, 0.3) is 0 Å². The van der Waals surface area contributed by atoms with Crippen molar-refractivity contribution in [1.82, 2.24) is 4.90 Å². The normalized spacial score (nSPS) is 27.2. The van der Waals surface area contributed by atoms with Crippen LogP contribution in [0.15, 0.2) is 24.3 Å². The van der Waals surface area contributed by atoms with Crippen LogP contribution in [-0.4, -0.2) is 39.3 Å². The van der Waals surface area contributed by atoms with Gasteiger partial charge in [0.2, 0.25) is 5.91 Å². The highest BCUT2D eigenvalue weighted by molar-refractivity contribution is 5.78. The number of aliphatic hydroxyl groups excluding tert-OH is 1. The van der Waals surface area contributed by atoms with Crippen LogP contribution in [0.1, 0.15) is 56.6 Å². The number of aliphatic hydroxyl groups is 2. The Morgan fingerprint density at radius 3 is 2.52 bits per heavy atom. The van der Waals surface area contributed by atoms with Gasteiger partial charge < -0.3 is 15.1 Å². The highest BCUT2D eigenvalue weighted by atomic mass is 19.1. The largest absolute Gasteiger partial charge is 0.391 e. The van der Waals surface area contributed by atoms with Crippen LogP contribution in [0.2, 0.25) is 0 Å². The van der Waals surface area contributed by atoms with Crippen molar-refractivity contribution in [3.8, 4) is 0 Å². The fourth-order valence-electron chi connectivity index (χ4n) is 3.86. The van der Waals surface area contributed by atoms with Gasteiger partial charge >= 0.3 is 0 Å². The predicted octanol–water partition coefficient (Wildman–Crippen LogP) is 2.55. The van der Waals surface area contributed by atoms with Crippen molar-refractivity contribution in [2.75, 3.05) is 6.54 Å². The molecule has 1 aliphatic heterocycles. The summed E-state index contributed by atoms with van der Waals surface area (Å²) in [6.07, 6.45) is 4.33. The van der Waals surface area contributed by atoms with Gasteiger partial charge in [0.15, 0.2) is 0 Å². The second-order valence-corrected chi connectivity index (χ2v) is 6.96. The summed E-state index contributed by atoms with van der Waals surface area (Å²) in [5.74, 6) is -0.443. The maximum atomic E-state index is 13.1. The molecule has 4 nitrogen and oxygen atoms in total. The molecule has 1 saturated heterocycles. The average Bonchev–Trinajstić information content (AvgIpc) is 2.90. The number of nitrogens with zero attached hydrogens (tertiary/aromatic N) is 1. The van der Waals surface area contributed by atoms with Gasteiger partial charge in [0.1, 0.15) is 5.82 Å². The number of β-amino-alcohol motifs (C(OH)–C–C–N with tert-alkyl or cyclic N) is 1. The highest BCUT2D eigenvalue weighted by Gasteiger charge is 2.39. The molecule has 1 aromatic carbocycles. The van der Waals surface area contributed by atoms with E-state index < -0.39 is 11.7 Å². The van der Waals surface area contributed by atoms with Gasteiger partial charge in [0.25, 0.3) is 0 Å². The van der Waals surface area contributed by atoms with Crippen LogP contribution in [0.4, 0.5) is 4.39 Å². The smallest absolute Gasteiger partial charge is 0.226 e. The van der Waals surface area contributed by atoms with Crippen molar-refractivity contribution in [2.45, 2.75) is 62.7 Å². The molecule has 0 bridgehead atoms. The van der Waals surface area contributed by atoms with E-state index in [0.29, 0.717) is 19.3 Å². The number of benzene rings is 1. The maximum Gasteiger partial charge on any atom is 0.226 e. The van der Waals surface area contributed by atoms with Crippen molar-refractivity contribution < 1.29 is 19.4 Å². The van der Waals surface area contributed by atoms with Gasteiger partial charge in [-0.2, -0.15) is 0 Å². The standard InChI is InChI=1S/C18H24FNO3/c19-14-6-4-13(5-7-14)16-10-15(21)12-20(16)17(22)11-18(23)8-2-1-3-9-18/h4-7,15-16,21,23H,1-3,8-12H2/t15-,16-/m0/s1.